The highest BCUT2D eigenvalue weighted by atomic mass is 16.1. The Morgan fingerprint density at radius 3 is 2.26 bits per heavy atom. The summed E-state index contributed by atoms with van der Waals surface area (Å²) in [5.41, 5.74) is 5.50. The number of hydrogen-bond donors (Lipinski definition) is 2. The molecule has 2 rings (SSSR count). The molecule has 0 saturated heterocycles. The summed E-state index contributed by atoms with van der Waals surface area (Å²) in [6.07, 6.45) is 3.98. The summed E-state index contributed by atoms with van der Waals surface area (Å²) < 4.78 is 0. The van der Waals surface area contributed by atoms with Crippen LogP contribution < -0.4 is 10.6 Å². The number of carbonyl (C=O) groups excluding carboxylic acids is 1. The molecule has 0 bridgehead atoms. The van der Waals surface area contributed by atoms with Gasteiger partial charge in [-0.15, -0.1) is 0 Å². The predicted octanol–water partition coefficient (Wildman–Crippen LogP) is 4.30. The molecular weight excluding hydrogens is 334 g/mol. The number of rotatable bonds is 8. The Balaban J connectivity index is 2.00. The minimum atomic E-state index is -0.379. The average Bonchev–Trinajstić information content (AvgIpc) is 2.69. The summed E-state index contributed by atoms with van der Waals surface area (Å²) in [5.74, 6) is -0.379. The van der Waals surface area contributed by atoms with Crippen molar-refractivity contribution in [2.24, 2.45) is 0 Å². The summed E-state index contributed by atoms with van der Waals surface area (Å²) in [6.45, 7) is 6.83. The van der Waals surface area contributed by atoms with E-state index >= 15 is 0 Å². The Bertz CT molecular complexity index is 823. The molecule has 0 aliphatic heterocycles. The van der Waals surface area contributed by atoms with Crippen molar-refractivity contribution >= 4 is 11.6 Å². The van der Waals surface area contributed by atoms with Gasteiger partial charge in [0.15, 0.2) is 0 Å². The van der Waals surface area contributed by atoms with Gasteiger partial charge < -0.3 is 10.6 Å². The van der Waals surface area contributed by atoms with E-state index in [9.17, 15) is 10.1 Å². The van der Waals surface area contributed by atoms with Crippen molar-refractivity contribution in [3.8, 4) is 6.07 Å². The second-order valence-corrected chi connectivity index (χ2v) is 6.47. The van der Waals surface area contributed by atoms with E-state index in [0.717, 1.165) is 36.1 Å². The number of nitrogens with zero attached hydrogens (tertiary/aromatic N) is 1. The molecule has 0 heterocycles. The zero-order valence-electron chi connectivity index (χ0n) is 16.3. The quantitative estimate of drug-likeness (QED) is 0.419. The Morgan fingerprint density at radius 2 is 1.70 bits per heavy atom. The lowest BCUT2D eigenvalue weighted by atomic mass is 10.0. The molecular formula is C23H27N3O. The molecule has 1 amide bonds. The second kappa shape index (κ2) is 10.2. The SMILES string of the molecule is CCc1cccc(CC)c1NC(=O)/C(C#N)=C\NCCc1ccc(C)cc1. The maximum absolute atomic E-state index is 12.5. The van der Waals surface area contributed by atoms with E-state index in [1.165, 1.54) is 17.3 Å². The van der Waals surface area contributed by atoms with Gasteiger partial charge in [-0.2, -0.15) is 5.26 Å². The van der Waals surface area contributed by atoms with Crippen LogP contribution in [0, 0.1) is 18.3 Å². The first kappa shape index (κ1) is 20.3. The molecule has 0 spiro atoms. The first-order valence-corrected chi connectivity index (χ1v) is 9.40. The molecule has 0 radical (unpaired) electrons. The Morgan fingerprint density at radius 1 is 1.07 bits per heavy atom. The monoisotopic (exact) mass is 361 g/mol. The van der Waals surface area contributed by atoms with Crippen molar-refractivity contribution in [2.75, 3.05) is 11.9 Å². The third-order valence-electron chi connectivity index (χ3n) is 4.53. The van der Waals surface area contributed by atoms with E-state index in [4.69, 9.17) is 0 Å². The molecule has 2 aromatic carbocycles. The molecule has 0 aromatic heterocycles. The van der Waals surface area contributed by atoms with Crippen LogP contribution in [-0.4, -0.2) is 12.5 Å². The van der Waals surface area contributed by atoms with Crippen LogP contribution in [0.1, 0.15) is 36.1 Å². The Labute approximate surface area is 161 Å². The van der Waals surface area contributed by atoms with E-state index in [1.807, 2.05) is 24.3 Å². The van der Waals surface area contributed by atoms with Gasteiger partial charge in [-0.05, 0) is 42.9 Å². The smallest absolute Gasteiger partial charge is 0.267 e. The van der Waals surface area contributed by atoms with Crippen LogP contribution in [0.15, 0.2) is 54.2 Å². The largest absolute Gasteiger partial charge is 0.389 e. The van der Waals surface area contributed by atoms with Gasteiger partial charge in [-0.3, -0.25) is 4.79 Å². The molecule has 0 aliphatic rings. The number of amides is 1. The van der Waals surface area contributed by atoms with Gasteiger partial charge in [0.25, 0.3) is 5.91 Å². The van der Waals surface area contributed by atoms with Crippen LogP contribution in [0.3, 0.4) is 0 Å². The van der Waals surface area contributed by atoms with Gasteiger partial charge in [-0.1, -0.05) is 61.9 Å². The summed E-state index contributed by atoms with van der Waals surface area (Å²) in [5, 5.41) is 15.4. The molecule has 2 aromatic rings. The summed E-state index contributed by atoms with van der Waals surface area (Å²) in [7, 11) is 0. The predicted molar refractivity (Wildman–Crippen MR) is 110 cm³/mol. The van der Waals surface area contributed by atoms with Crippen molar-refractivity contribution in [2.45, 2.75) is 40.0 Å². The molecule has 0 fully saturated rings. The third-order valence-corrected chi connectivity index (χ3v) is 4.53. The zero-order chi connectivity index (χ0) is 19.6. The summed E-state index contributed by atoms with van der Waals surface area (Å²) >= 11 is 0. The third kappa shape index (κ3) is 5.72. The number of benzene rings is 2. The lowest BCUT2D eigenvalue weighted by Crippen LogP contribution is -2.19. The van der Waals surface area contributed by atoms with E-state index in [0.29, 0.717) is 6.54 Å². The molecule has 0 unspecified atom stereocenters. The van der Waals surface area contributed by atoms with E-state index in [-0.39, 0.29) is 11.5 Å². The van der Waals surface area contributed by atoms with Crippen molar-refractivity contribution in [1.29, 1.82) is 5.26 Å². The normalized spacial score (nSPS) is 11.0. The number of para-hydroxylation sites is 1. The lowest BCUT2D eigenvalue weighted by Gasteiger charge is -2.14. The fourth-order valence-electron chi connectivity index (χ4n) is 2.88. The number of anilines is 1. The highest BCUT2D eigenvalue weighted by Gasteiger charge is 2.13. The zero-order valence-corrected chi connectivity index (χ0v) is 16.3. The highest BCUT2D eigenvalue weighted by Crippen LogP contribution is 2.23. The topological polar surface area (TPSA) is 64.9 Å². The minimum Gasteiger partial charge on any atom is -0.389 e. The van der Waals surface area contributed by atoms with Gasteiger partial charge in [0.1, 0.15) is 11.6 Å². The number of hydrogen-bond acceptors (Lipinski definition) is 3. The molecule has 0 aliphatic carbocycles. The van der Waals surface area contributed by atoms with Crippen LogP contribution in [0.25, 0.3) is 0 Å². The number of nitriles is 1. The van der Waals surface area contributed by atoms with Crippen LogP contribution in [0.5, 0.6) is 0 Å². The van der Waals surface area contributed by atoms with Crippen LogP contribution in [0.2, 0.25) is 0 Å². The maximum Gasteiger partial charge on any atom is 0.267 e. The van der Waals surface area contributed by atoms with E-state index in [1.54, 1.807) is 0 Å². The first-order chi connectivity index (χ1) is 13.1. The molecule has 4 nitrogen and oxygen atoms in total. The van der Waals surface area contributed by atoms with Crippen molar-refractivity contribution < 1.29 is 4.79 Å². The summed E-state index contributed by atoms with van der Waals surface area (Å²) in [4.78, 5) is 12.5. The highest BCUT2D eigenvalue weighted by molar-refractivity contribution is 6.07. The molecule has 27 heavy (non-hydrogen) atoms. The van der Waals surface area contributed by atoms with Gasteiger partial charge in [-0.25, -0.2) is 0 Å². The Hall–Kier alpha value is -3.06. The standard InChI is InChI=1S/C23H27N3O/c1-4-19-7-6-8-20(5-2)22(19)26-23(27)21(15-24)16-25-14-13-18-11-9-17(3)10-12-18/h6-12,16,25H,4-5,13-14H2,1-3H3,(H,26,27)/b21-16-. The second-order valence-electron chi connectivity index (χ2n) is 6.47. The van der Waals surface area contributed by atoms with Crippen molar-refractivity contribution in [1.82, 2.24) is 5.32 Å². The van der Waals surface area contributed by atoms with Gasteiger partial charge in [0.2, 0.25) is 0 Å². The van der Waals surface area contributed by atoms with Gasteiger partial charge >= 0.3 is 0 Å². The molecule has 140 valence electrons. The number of carbonyl (C=O) groups is 1. The lowest BCUT2D eigenvalue weighted by molar-refractivity contribution is -0.112. The van der Waals surface area contributed by atoms with E-state index in [2.05, 4.69) is 55.7 Å². The fraction of sp³-hybridized carbons (Fsp3) is 0.304. The summed E-state index contributed by atoms with van der Waals surface area (Å²) in [6, 6.07) is 16.3. The maximum atomic E-state index is 12.5. The van der Waals surface area contributed by atoms with Crippen LogP contribution in [0.4, 0.5) is 5.69 Å². The Kier molecular flexibility index (Phi) is 7.63. The van der Waals surface area contributed by atoms with Crippen LogP contribution in [-0.2, 0) is 24.1 Å². The van der Waals surface area contributed by atoms with Gasteiger partial charge in [0, 0.05) is 18.4 Å². The molecule has 0 atom stereocenters. The molecule has 0 saturated carbocycles. The first-order valence-electron chi connectivity index (χ1n) is 9.40. The fourth-order valence-corrected chi connectivity index (χ4v) is 2.88. The van der Waals surface area contributed by atoms with Crippen molar-refractivity contribution in [3.05, 3.63) is 76.5 Å². The van der Waals surface area contributed by atoms with Crippen molar-refractivity contribution in [3.63, 3.8) is 0 Å². The minimum absolute atomic E-state index is 0.0758. The molecule has 4 heteroatoms. The number of nitrogens with one attached hydrogen (secondary N) is 2. The number of aryl methyl sites for hydroxylation is 3. The van der Waals surface area contributed by atoms with Crippen LogP contribution >= 0.6 is 0 Å². The molecule has 2 N–H and O–H groups in total. The average molecular weight is 361 g/mol. The van der Waals surface area contributed by atoms with E-state index < -0.39 is 0 Å². The van der Waals surface area contributed by atoms with Gasteiger partial charge in [0.05, 0.1) is 0 Å².